The zero-order valence-electron chi connectivity index (χ0n) is 17.5. The van der Waals surface area contributed by atoms with Gasteiger partial charge in [0.15, 0.2) is 0 Å². The number of hydrogen-bond donors (Lipinski definition) is 2. The molecular weight excluding hydrogens is 422 g/mol. The number of oxime groups is 1. The molecule has 1 atom stereocenters. The normalized spacial score (nSPS) is 15.8. The van der Waals surface area contributed by atoms with Crippen molar-refractivity contribution in [1.29, 1.82) is 0 Å². The predicted octanol–water partition coefficient (Wildman–Crippen LogP) is 3.17. The highest BCUT2D eigenvalue weighted by atomic mass is 19.1. The minimum absolute atomic E-state index is 0.0187. The number of nitrogens with one attached hydrogen (secondary N) is 1. The van der Waals surface area contributed by atoms with Gasteiger partial charge in [-0.3, -0.25) is 4.79 Å². The van der Waals surface area contributed by atoms with E-state index in [-0.39, 0.29) is 23.6 Å². The molecule has 2 aromatic rings. The molecule has 32 heavy (non-hydrogen) atoms. The number of amides is 1. The summed E-state index contributed by atoms with van der Waals surface area (Å²) in [6.07, 6.45) is 1.15. The van der Waals surface area contributed by atoms with Gasteiger partial charge in [0.05, 0.1) is 5.56 Å². The van der Waals surface area contributed by atoms with Crippen LogP contribution in [0.5, 0.6) is 0 Å². The Balaban J connectivity index is 1.73. The Bertz CT molecular complexity index is 968. The summed E-state index contributed by atoms with van der Waals surface area (Å²) in [6.45, 7) is 0.968. The maximum atomic E-state index is 14.0. The monoisotopic (exact) mass is 446 g/mol. The first-order chi connectivity index (χ1) is 15.4. The topological polar surface area (TPSA) is 97.2 Å². The molecular formula is C23H24F2N2O5. The van der Waals surface area contributed by atoms with Crippen LogP contribution in [0.4, 0.5) is 8.78 Å². The molecule has 0 aliphatic carbocycles. The molecule has 1 fully saturated rings. The minimum Gasteiger partial charge on any atom is -0.480 e. The van der Waals surface area contributed by atoms with Crippen molar-refractivity contribution >= 4 is 17.6 Å². The molecule has 0 unspecified atom stereocenters. The third-order valence-corrected chi connectivity index (χ3v) is 5.28. The van der Waals surface area contributed by atoms with Crippen molar-refractivity contribution < 1.29 is 33.1 Å². The number of carbonyl (C=O) groups excluding carboxylic acids is 1. The Labute approximate surface area is 184 Å². The molecule has 0 saturated carbocycles. The Kier molecular flexibility index (Phi) is 7.88. The summed E-state index contributed by atoms with van der Waals surface area (Å²) in [6, 6.07) is 8.57. The number of carboxylic acids is 1. The second-order valence-electron chi connectivity index (χ2n) is 7.41. The lowest BCUT2D eigenvalue weighted by molar-refractivity contribution is -0.141. The molecule has 0 spiro atoms. The van der Waals surface area contributed by atoms with E-state index >= 15 is 0 Å². The van der Waals surface area contributed by atoms with Crippen LogP contribution in [0.25, 0.3) is 11.1 Å². The predicted molar refractivity (Wildman–Crippen MR) is 113 cm³/mol. The first kappa shape index (κ1) is 23.3. The van der Waals surface area contributed by atoms with Crippen LogP contribution in [-0.4, -0.2) is 49.1 Å². The van der Waals surface area contributed by atoms with Crippen LogP contribution in [-0.2, 0) is 25.6 Å². The highest BCUT2D eigenvalue weighted by molar-refractivity contribution is 6.39. The van der Waals surface area contributed by atoms with E-state index in [1.807, 2.05) is 0 Å². The van der Waals surface area contributed by atoms with E-state index in [0.29, 0.717) is 37.2 Å². The van der Waals surface area contributed by atoms with Gasteiger partial charge in [-0.1, -0.05) is 35.5 Å². The molecule has 3 rings (SSSR count). The third-order valence-electron chi connectivity index (χ3n) is 5.28. The van der Waals surface area contributed by atoms with Gasteiger partial charge in [0.2, 0.25) is 0 Å². The van der Waals surface area contributed by atoms with Crippen molar-refractivity contribution in [2.24, 2.45) is 11.1 Å². The SMILES string of the molecule is CON=C(C(=O)N[C@@H](Cc1ccc(-c2c(F)cccc2F)cc1)C(=O)O)C1CCOCC1. The Morgan fingerprint density at radius 1 is 1.16 bits per heavy atom. The zero-order chi connectivity index (χ0) is 23.1. The number of aliphatic carboxylic acids is 1. The molecule has 2 N–H and O–H groups in total. The Morgan fingerprint density at radius 3 is 2.34 bits per heavy atom. The van der Waals surface area contributed by atoms with Gasteiger partial charge in [0, 0.05) is 25.6 Å². The summed E-state index contributed by atoms with van der Waals surface area (Å²) in [5.74, 6) is -3.39. The molecule has 1 aliphatic heterocycles. The number of carboxylic acid groups (broad SMARTS) is 1. The largest absolute Gasteiger partial charge is 0.480 e. The van der Waals surface area contributed by atoms with Crippen molar-refractivity contribution in [3.63, 3.8) is 0 Å². The second kappa shape index (κ2) is 10.8. The molecule has 0 radical (unpaired) electrons. The average molecular weight is 446 g/mol. The standard InChI is InChI=1S/C23H24F2N2O5/c1-31-27-21(16-9-11-32-12-10-16)22(28)26-19(23(29)30)13-14-5-7-15(8-6-14)20-17(24)3-2-4-18(20)25/h2-8,16,19H,9-13H2,1H3,(H,26,28)(H,29,30)/t19-/m0/s1. The summed E-state index contributed by atoms with van der Waals surface area (Å²) in [5.41, 5.74) is 0.884. The minimum atomic E-state index is -1.22. The van der Waals surface area contributed by atoms with Crippen LogP contribution in [0, 0.1) is 17.6 Å². The molecule has 1 saturated heterocycles. The number of hydrogen-bond acceptors (Lipinski definition) is 5. The molecule has 2 aromatic carbocycles. The number of carbonyl (C=O) groups is 2. The van der Waals surface area contributed by atoms with E-state index in [0.717, 1.165) is 0 Å². The lowest BCUT2D eigenvalue weighted by atomic mass is 9.93. The van der Waals surface area contributed by atoms with Gasteiger partial charge in [-0.2, -0.15) is 0 Å². The molecule has 0 aromatic heterocycles. The van der Waals surface area contributed by atoms with Crippen LogP contribution in [0.3, 0.4) is 0 Å². The summed E-state index contributed by atoms with van der Waals surface area (Å²) in [5, 5.41) is 15.9. The number of rotatable bonds is 8. The lowest BCUT2D eigenvalue weighted by Gasteiger charge is -2.23. The van der Waals surface area contributed by atoms with Crippen LogP contribution < -0.4 is 5.32 Å². The third kappa shape index (κ3) is 5.67. The maximum Gasteiger partial charge on any atom is 0.326 e. The maximum absolute atomic E-state index is 14.0. The first-order valence-corrected chi connectivity index (χ1v) is 10.2. The van der Waals surface area contributed by atoms with E-state index in [4.69, 9.17) is 9.57 Å². The van der Waals surface area contributed by atoms with Crippen LogP contribution in [0.15, 0.2) is 47.6 Å². The van der Waals surface area contributed by atoms with Gasteiger partial charge in [-0.15, -0.1) is 0 Å². The van der Waals surface area contributed by atoms with E-state index in [1.54, 1.807) is 12.1 Å². The van der Waals surface area contributed by atoms with Gasteiger partial charge in [-0.25, -0.2) is 13.6 Å². The molecule has 1 aliphatic rings. The van der Waals surface area contributed by atoms with Crippen LogP contribution in [0.2, 0.25) is 0 Å². The number of halogens is 2. The number of benzene rings is 2. The van der Waals surface area contributed by atoms with E-state index in [2.05, 4.69) is 10.5 Å². The number of ether oxygens (including phenoxy) is 1. The highest BCUT2D eigenvalue weighted by Gasteiger charge is 2.29. The smallest absolute Gasteiger partial charge is 0.326 e. The zero-order valence-corrected chi connectivity index (χ0v) is 17.5. The van der Waals surface area contributed by atoms with Crippen LogP contribution >= 0.6 is 0 Å². The molecule has 7 nitrogen and oxygen atoms in total. The van der Waals surface area contributed by atoms with Gasteiger partial charge in [-0.05, 0) is 36.1 Å². The molecule has 1 heterocycles. The van der Waals surface area contributed by atoms with Gasteiger partial charge >= 0.3 is 5.97 Å². The highest BCUT2D eigenvalue weighted by Crippen LogP contribution is 2.26. The van der Waals surface area contributed by atoms with Crippen molar-refractivity contribution in [1.82, 2.24) is 5.32 Å². The first-order valence-electron chi connectivity index (χ1n) is 10.2. The summed E-state index contributed by atoms with van der Waals surface area (Å²) in [4.78, 5) is 29.3. The average Bonchev–Trinajstić information content (AvgIpc) is 2.78. The fourth-order valence-corrected chi connectivity index (χ4v) is 3.62. The number of nitrogens with zero attached hydrogens (tertiary/aromatic N) is 1. The van der Waals surface area contributed by atoms with Gasteiger partial charge in [0.25, 0.3) is 5.91 Å². The fraction of sp³-hybridized carbons (Fsp3) is 0.348. The summed E-state index contributed by atoms with van der Waals surface area (Å²) in [7, 11) is 1.32. The van der Waals surface area contributed by atoms with Crippen molar-refractivity contribution in [3.05, 3.63) is 59.7 Å². The lowest BCUT2D eigenvalue weighted by Crippen LogP contribution is -2.47. The Hall–Kier alpha value is -3.33. The summed E-state index contributed by atoms with van der Waals surface area (Å²) >= 11 is 0. The van der Waals surface area contributed by atoms with Gasteiger partial charge in [0.1, 0.15) is 30.5 Å². The molecule has 1 amide bonds. The molecule has 9 heteroatoms. The van der Waals surface area contributed by atoms with Crippen molar-refractivity contribution in [2.75, 3.05) is 20.3 Å². The van der Waals surface area contributed by atoms with Gasteiger partial charge < -0.3 is 20.0 Å². The molecule has 170 valence electrons. The molecule has 0 bridgehead atoms. The Morgan fingerprint density at radius 2 is 1.78 bits per heavy atom. The fourth-order valence-electron chi connectivity index (χ4n) is 3.62. The quantitative estimate of drug-likeness (QED) is 0.480. The second-order valence-corrected chi connectivity index (χ2v) is 7.41. The van der Waals surface area contributed by atoms with E-state index in [1.165, 1.54) is 37.4 Å². The van der Waals surface area contributed by atoms with Crippen LogP contribution in [0.1, 0.15) is 18.4 Å². The van der Waals surface area contributed by atoms with E-state index in [9.17, 15) is 23.5 Å². The summed E-state index contributed by atoms with van der Waals surface area (Å²) < 4.78 is 33.3. The van der Waals surface area contributed by atoms with E-state index < -0.39 is 29.6 Å². The van der Waals surface area contributed by atoms with Crippen molar-refractivity contribution in [2.45, 2.75) is 25.3 Å². The van der Waals surface area contributed by atoms with Crippen molar-refractivity contribution in [3.8, 4) is 11.1 Å².